The Morgan fingerprint density at radius 2 is 1.87 bits per heavy atom. The molecule has 2 heterocycles. The molecule has 0 atom stereocenters. The predicted octanol–water partition coefficient (Wildman–Crippen LogP) is 4.55. The smallest absolute Gasteiger partial charge is 0.223 e. The Kier molecular flexibility index (Phi) is 5.99. The monoisotopic (exact) mass is 431 g/mol. The van der Waals surface area contributed by atoms with Crippen LogP contribution < -0.4 is 4.90 Å². The zero-order valence-electron chi connectivity index (χ0n) is 16.2. The SMILES string of the molecule is O=C(CCc1ncc(-c2ccc(F)cc2F)o1)N1CCN(c2ccccc2Cl)CC1. The molecule has 4 rings (SSSR count). The van der Waals surface area contributed by atoms with Crippen LogP contribution in [-0.4, -0.2) is 42.0 Å². The summed E-state index contributed by atoms with van der Waals surface area (Å²) >= 11 is 6.26. The van der Waals surface area contributed by atoms with Crippen molar-refractivity contribution in [2.24, 2.45) is 0 Å². The number of piperazine rings is 1. The molecule has 156 valence electrons. The van der Waals surface area contributed by atoms with E-state index in [0.717, 1.165) is 17.8 Å². The third kappa shape index (κ3) is 4.46. The zero-order chi connectivity index (χ0) is 21.1. The fourth-order valence-corrected chi connectivity index (χ4v) is 3.77. The van der Waals surface area contributed by atoms with Crippen molar-refractivity contribution >= 4 is 23.2 Å². The lowest BCUT2D eigenvalue weighted by Crippen LogP contribution is -2.48. The van der Waals surface area contributed by atoms with E-state index in [-0.39, 0.29) is 23.7 Å². The third-order valence-corrected chi connectivity index (χ3v) is 5.45. The second-order valence-corrected chi connectivity index (χ2v) is 7.47. The van der Waals surface area contributed by atoms with Crippen molar-refractivity contribution in [2.45, 2.75) is 12.8 Å². The summed E-state index contributed by atoms with van der Waals surface area (Å²) in [6, 6.07) is 10.9. The minimum Gasteiger partial charge on any atom is -0.441 e. The van der Waals surface area contributed by atoms with Gasteiger partial charge in [0.2, 0.25) is 5.91 Å². The molecule has 2 aromatic carbocycles. The Labute approximate surface area is 177 Å². The highest BCUT2D eigenvalue weighted by Crippen LogP contribution is 2.27. The van der Waals surface area contributed by atoms with Crippen molar-refractivity contribution in [2.75, 3.05) is 31.1 Å². The van der Waals surface area contributed by atoms with Crippen LogP contribution in [0.2, 0.25) is 5.02 Å². The topological polar surface area (TPSA) is 49.6 Å². The number of nitrogens with zero attached hydrogens (tertiary/aromatic N) is 3. The van der Waals surface area contributed by atoms with Crippen LogP contribution >= 0.6 is 11.6 Å². The molecule has 1 aliphatic rings. The van der Waals surface area contributed by atoms with Crippen LogP contribution in [0.4, 0.5) is 14.5 Å². The third-order valence-electron chi connectivity index (χ3n) is 5.13. The van der Waals surface area contributed by atoms with Crippen molar-refractivity contribution in [3.8, 4) is 11.3 Å². The number of carbonyl (C=O) groups is 1. The van der Waals surface area contributed by atoms with Gasteiger partial charge in [0, 0.05) is 45.1 Å². The molecule has 0 radical (unpaired) electrons. The van der Waals surface area contributed by atoms with Crippen molar-refractivity contribution in [3.63, 3.8) is 0 Å². The second-order valence-electron chi connectivity index (χ2n) is 7.06. The molecule has 1 aliphatic heterocycles. The zero-order valence-corrected chi connectivity index (χ0v) is 16.9. The lowest BCUT2D eigenvalue weighted by Gasteiger charge is -2.36. The summed E-state index contributed by atoms with van der Waals surface area (Å²) in [6.45, 7) is 2.65. The molecule has 0 unspecified atom stereocenters. The summed E-state index contributed by atoms with van der Waals surface area (Å²) in [5.41, 5.74) is 1.11. The molecule has 30 heavy (non-hydrogen) atoms. The van der Waals surface area contributed by atoms with Crippen LogP contribution in [0, 0.1) is 11.6 Å². The van der Waals surface area contributed by atoms with Crippen molar-refractivity contribution in [3.05, 3.63) is 71.2 Å². The van der Waals surface area contributed by atoms with E-state index in [2.05, 4.69) is 9.88 Å². The van der Waals surface area contributed by atoms with E-state index in [1.807, 2.05) is 29.2 Å². The van der Waals surface area contributed by atoms with E-state index in [4.69, 9.17) is 16.0 Å². The summed E-state index contributed by atoms with van der Waals surface area (Å²) in [6.07, 6.45) is 1.95. The number of carbonyl (C=O) groups excluding carboxylic acids is 1. The van der Waals surface area contributed by atoms with Crippen LogP contribution in [0.3, 0.4) is 0 Å². The second kappa shape index (κ2) is 8.83. The van der Waals surface area contributed by atoms with E-state index in [1.54, 1.807) is 0 Å². The molecule has 1 amide bonds. The highest BCUT2D eigenvalue weighted by atomic mass is 35.5. The Morgan fingerprint density at radius 1 is 1.10 bits per heavy atom. The summed E-state index contributed by atoms with van der Waals surface area (Å²) in [5, 5.41) is 0.703. The van der Waals surface area contributed by atoms with Crippen LogP contribution in [0.25, 0.3) is 11.3 Å². The summed E-state index contributed by atoms with van der Waals surface area (Å²) in [5.74, 6) is -0.803. The van der Waals surface area contributed by atoms with Gasteiger partial charge in [-0.05, 0) is 24.3 Å². The molecule has 8 heteroatoms. The van der Waals surface area contributed by atoms with Crippen molar-refractivity contribution < 1.29 is 18.0 Å². The number of oxazole rings is 1. The number of amides is 1. The van der Waals surface area contributed by atoms with Gasteiger partial charge in [-0.15, -0.1) is 0 Å². The number of halogens is 3. The fourth-order valence-electron chi connectivity index (χ4n) is 3.52. The molecule has 1 aromatic heterocycles. The minimum atomic E-state index is -0.717. The van der Waals surface area contributed by atoms with E-state index in [9.17, 15) is 13.6 Å². The maximum atomic E-state index is 13.9. The van der Waals surface area contributed by atoms with Crippen molar-refractivity contribution in [1.29, 1.82) is 0 Å². The Hall–Kier alpha value is -2.93. The number of hydrogen-bond donors (Lipinski definition) is 0. The first-order chi connectivity index (χ1) is 14.5. The van der Waals surface area contributed by atoms with Gasteiger partial charge in [-0.2, -0.15) is 0 Å². The average Bonchev–Trinajstić information content (AvgIpc) is 3.21. The van der Waals surface area contributed by atoms with E-state index in [0.29, 0.717) is 43.5 Å². The number of aryl methyl sites for hydroxylation is 1. The normalized spacial score (nSPS) is 14.2. The molecule has 5 nitrogen and oxygen atoms in total. The van der Waals surface area contributed by atoms with Gasteiger partial charge >= 0.3 is 0 Å². The number of hydrogen-bond acceptors (Lipinski definition) is 4. The van der Waals surface area contributed by atoms with Gasteiger partial charge < -0.3 is 14.2 Å². The summed E-state index contributed by atoms with van der Waals surface area (Å²) < 4.78 is 32.5. The lowest BCUT2D eigenvalue weighted by atomic mass is 10.2. The molecule has 0 spiro atoms. The average molecular weight is 432 g/mol. The van der Waals surface area contributed by atoms with Gasteiger partial charge in [0.25, 0.3) is 0 Å². The minimum absolute atomic E-state index is 0.0153. The molecular formula is C22H20ClF2N3O2. The highest BCUT2D eigenvalue weighted by Gasteiger charge is 2.22. The molecule has 0 saturated carbocycles. The van der Waals surface area contributed by atoms with Gasteiger partial charge in [-0.1, -0.05) is 23.7 Å². The van der Waals surface area contributed by atoms with Crippen molar-refractivity contribution in [1.82, 2.24) is 9.88 Å². The van der Waals surface area contributed by atoms with Crippen LogP contribution in [0.5, 0.6) is 0 Å². The van der Waals surface area contributed by atoms with Gasteiger partial charge in [0.15, 0.2) is 11.7 Å². The van der Waals surface area contributed by atoms with Crippen LogP contribution in [-0.2, 0) is 11.2 Å². The van der Waals surface area contributed by atoms with Gasteiger partial charge in [0.05, 0.1) is 22.5 Å². The lowest BCUT2D eigenvalue weighted by molar-refractivity contribution is -0.131. The fraction of sp³-hybridized carbons (Fsp3) is 0.273. The first-order valence-electron chi connectivity index (χ1n) is 9.68. The van der Waals surface area contributed by atoms with Crippen LogP contribution in [0.1, 0.15) is 12.3 Å². The van der Waals surface area contributed by atoms with Gasteiger partial charge in [-0.25, -0.2) is 13.8 Å². The molecule has 0 aliphatic carbocycles. The molecule has 1 saturated heterocycles. The van der Waals surface area contributed by atoms with Crippen LogP contribution in [0.15, 0.2) is 53.1 Å². The quantitative estimate of drug-likeness (QED) is 0.594. The van der Waals surface area contributed by atoms with Gasteiger partial charge in [0.1, 0.15) is 11.6 Å². The number of anilines is 1. The Morgan fingerprint density at radius 3 is 2.60 bits per heavy atom. The Balaban J connectivity index is 1.30. The predicted molar refractivity (Wildman–Crippen MR) is 110 cm³/mol. The summed E-state index contributed by atoms with van der Waals surface area (Å²) in [7, 11) is 0. The maximum absolute atomic E-state index is 13.9. The summed E-state index contributed by atoms with van der Waals surface area (Å²) in [4.78, 5) is 20.7. The first-order valence-corrected chi connectivity index (χ1v) is 10.1. The number of rotatable bonds is 5. The maximum Gasteiger partial charge on any atom is 0.223 e. The highest BCUT2D eigenvalue weighted by molar-refractivity contribution is 6.33. The van der Waals surface area contributed by atoms with E-state index in [1.165, 1.54) is 12.3 Å². The van der Waals surface area contributed by atoms with E-state index < -0.39 is 11.6 Å². The Bertz CT molecular complexity index is 1050. The number of benzene rings is 2. The molecular weight excluding hydrogens is 412 g/mol. The van der Waals surface area contributed by atoms with E-state index >= 15 is 0 Å². The number of aromatic nitrogens is 1. The molecule has 1 fully saturated rings. The van der Waals surface area contributed by atoms with Gasteiger partial charge in [-0.3, -0.25) is 4.79 Å². The molecule has 0 bridgehead atoms. The molecule has 0 N–H and O–H groups in total. The largest absolute Gasteiger partial charge is 0.441 e. The number of para-hydroxylation sites is 1. The standard InChI is InChI=1S/C22H20ClF2N3O2/c23-17-3-1-2-4-19(17)27-9-11-28(12-10-27)22(29)8-7-21-26-14-20(30-21)16-6-5-15(24)13-18(16)25/h1-6,13-14H,7-12H2. The first kappa shape index (κ1) is 20.3. The molecule has 3 aromatic rings.